The number of sulfonamides is 1. The lowest BCUT2D eigenvalue weighted by molar-refractivity contribution is 0.585. The predicted molar refractivity (Wildman–Crippen MR) is 98.4 cm³/mol. The fourth-order valence-corrected chi connectivity index (χ4v) is 3.66. The summed E-state index contributed by atoms with van der Waals surface area (Å²) in [6, 6.07) is 16.2. The van der Waals surface area contributed by atoms with Crippen LogP contribution in [0.5, 0.6) is 0 Å². The molecule has 0 saturated heterocycles. The van der Waals surface area contributed by atoms with E-state index in [1.54, 1.807) is 18.2 Å². The van der Waals surface area contributed by atoms with Gasteiger partial charge in [0.1, 0.15) is 11.6 Å². The zero-order chi connectivity index (χ0) is 18.7. The van der Waals surface area contributed by atoms with Crippen LogP contribution < -0.4 is 4.72 Å². The Balaban J connectivity index is 1.87. The molecule has 1 N–H and O–H groups in total. The average molecular weight is 373 g/mol. The summed E-state index contributed by atoms with van der Waals surface area (Å²) in [5, 5.41) is 0. The molecule has 0 atom stereocenters. The van der Waals surface area contributed by atoms with E-state index in [4.69, 9.17) is 0 Å². The molecule has 3 aromatic rings. The molecule has 0 fully saturated rings. The van der Waals surface area contributed by atoms with Crippen LogP contribution in [0.25, 0.3) is 11.1 Å². The second kappa shape index (κ2) is 7.25. The summed E-state index contributed by atoms with van der Waals surface area (Å²) in [5.74, 6) is -1.36. The van der Waals surface area contributed by atoms with Crippen LogP contribution in [0.2, 0.25) is 0 Å². The van der Waals surface area contributed by atoms with Gasteiger partial charge in [-0.25, -0.2) is 17.2 Å². The van der Waals surface area contributed by atoms with Gasteiger partial charge in [0.15, 0.2) is 0 Å². The molecule has 26 heavy (non-hydrogen) atoms. The SMILES string of the molecule is CCc1cccc(NS(=O)(=O)c2ccc(-c3ccc(F)cc3F)cc2)c1. The Hall–Kier alpha value is -2.73. The first kappa shape index (κ1) is 18.1. The van der Waals surface area contributed by atoms with E-state index >= 15 is 0 Å². The number of hydrogen-bond donors (Lipinski definition) is 1. The molecule has 0 radical (unpaired) electrons. The van der Waals surface area contributed by atoms with Crippen molar-refractivity contribution in [1.29, 1.82) is 0 Å². The number of halogens is 2. The topological polar surface area (TPSA) is 46.2 Å². The Morgan fingerprint density at radius 2 is 1.65 bits per heavy atom. The van der Waals surface area contributed by atoms with Crippen LogP contribution in [-0.2, 0) is 16.4 Å². The normalized spacial score (nSPS) is 11.3. The van der Waals surface area contributed by atoms with E-state index in [0.717, 1.165) is 24.1 Å². The maximum absolute atomic E-state index is 13.9. The molecule has 3 aromatic carbocycles. The van der Waals surface area contributed by atoms with Crippen molar-refractivity contribution in [2.45, 2.75) is 18.2 Å². The Labute approximate surface area is 151 Å². The van der Waals surface area contributed by atoms with E-state index in [-0.39, 0.29) is 10.5 Å². The lowest BCUT2D eigenvalue weighted by Crippen LogP contribution is -2.13. The fourth-order valence-electron chi connectivity index (χ4n) is 2.61. The van der Waals surface area contributed by atoms with E-state index < -0.39 is 21.7 Å². The zero-order valence-electron chi connectivity index (χ0n) is 14.0. The maximum atomic E-state index is 13.9. The van der Waals surface area contributed by atoms with Crippen LogP contribution in [0.4, 0.5) is 14.5 Å². The van der Waals surface area contributed by atoms with Gasteiger partial charge >= 0.3 is 0 Å². The average Bonchev–Trinajstić information content (AvgIpc) is 2.62. The molecule has 0 amide bonds. The molecule has 134 valence electrons. The van der Waals surface area contributed by atoms with Crippen molar-refractivity contribution in [3.05, 3.63) is 83.9 Å². The summed E-state index contributed by atoms with van der Waals surface area (Å²) >= 11 is 0. The number of rotatable bonds is 5. The summed E-state index contributed by atoms with van der Waals surface area (Å²) in [6.45, 7) is 1.99. The highest BCUT2D eigenvalue weighted by atomic mass is 32.2. The highest BCUT2D eigenvalue weighted by molar-refractivity contribution is 7.92. The third kappa shape index (κ3) is 3.91. The van der Waals surface area contributed by atoms with E-state index in [9.17, 15) is 17.2 Å². The van der Waals surface area contributed by atoms with E-state index in [1.807, 2.05) is 13.0 Å². The molecule has 3 rings (SSSR count). The van der Waals surface area contributed by atoms with Crippen molar-refractivity contribution in [2.75, 3.05) is 4.72 Å². The Bertz CT molecular complexity index is 1030. The van der Waals surface area contributed by atoms with Crippen molar-refractivity contribution in [3.8, 4) is 11.1 Å². The van der Waals surface area contributed by atoms with Gasteiger partial charge in [-0.2, -0.15) is 0 Å². The van der Waals surface area contributed by atoms with Crippen LogP contribution in [-0.4, -0.2) is 8.42 Å². The van der Waals surface area contributed by atoms with Gasteiger partial charge in [0, 0.05) is 17.3 Å². The number of nitrogens with one attached hydrogen (secondary N) is 1. The van der Waals surface area contributed by atoms with Gasteiger partial charge in [-0.1, -0.05) is 31.2 Å². The minimum atomic E-state index is -3.76. The van der Waals surface area contributed by atoms with Gasteiger partial charge in [0.2, 0.25) is 0 Å². The van der Waals surface area contributed by atoms with Crippen molar-refractivity contribution in [3.63, 3.8) is 0 Å². The summed E-state index contributed by atoms with van der Waals surface area (Å²) < 4.78 is 54.5. The summed E-state index contributed by atoms with van der Waals surface area (Å²) in [4.78, 5) is 0.0608. The largest absolute Gasteiger partial charge is 0.280 e. The predicted octanol–water partition coefficient (Wildman–Crippen LogP) is 5.00. The molecule has 0 bridgehead atoms. The van der Waals surface area contributed by atoms with Gasteiger partial charge in [-0.15, -0.1) is 0 Å². The number of benzene rings is 3. The quantitative estimate of drug-likeness (QED) is 0.684. The van der Waals surface area contributed by atoms with Crippen LogP contribution in [0.3, 0.4) is 0 Å². The van der Waals surface area contributed by atoms with Crippen LogP contribution in [0.1, 0.15) is 12.5 Å². The lowest BCUT2D eigenvalue weighted by Gasteiger charge is -2.10. The monoisotopic (exact) mass is 373 g/mol. The van der Waals surface area contributed by atoms with Gasteiger partial charge in [0.25, 0.3) is 10.0 Å². The fraction of sp³-hybridized carbons (Fsp3) is 0.100. The van der Waals surface area contributed by atoms with E-state index in [0.29, 0.717) is 11.3 Å². The maximum Gasteiger partial charge on any atom is 0.261 e. The molecular weight excluding hydrogens is 356 g/mol. The van der Waals surface area contributed by atoms with Crippen molar-refractivity contribution < 1.29 is 17.2 Å². The molecule has 0 saturated carbocycles. The first-order chi connectivity index (χ1) is 12.4. The summed E-state index contributed by atoms with van der Waals surface area (Å²) in [6.07, 6.45) is 0.799. The molecule has 0 aromatic heterocycles. The highest BCUT2D eigenvalue weighted by Crippen LogP contribution is 2.25. The molecule has 3 nitrogen and oxygen atoms in total. The summed E-state index contributed by atoms with van der Waals surface area (Å²) in [5.41, 5.74) is 2.18. The Morgan fingerprint density at radius 3 is 2.31 bits per heavy atom. The minimum absolute atomic E-state index is 0.0608. The molecule has 0 aliphatic heterocycles. The third-order valence-corrected chi connectivity index (χ3v) is 5.39. The molecule has 0 heterocycles. The second-order valence-corrected chi connectivity index (χ2v) is 7.49. The third-order valence-electron chi connectivity index (χ3n) is 3.99. The van der Waals surface area contributed by atoms with Gasteiger partial charge in [-0.05, 0) is 53.9 Å². The van der Waals surface area contributed by atoms with Crippen molar-refractivity contribution >= 4 is 15.7 Å². The first-order valence-electron chi connectivity index (χ1n) is 8.06. The first-order valence-corrected chi connectivity index (χ1v) is 9.54. The number of anilines is 1. The highest BCUT2D eigenvalue weighted by Gasteiger charge is 2.15. The van der Waals surface area contributed by atoms with Crippen LogP contribution in [0, 0.1) is 11.6 Å². The molecule has 0 aliphatic carbocycles. The van der Waals surface area contributed by atoms with Gasteiger partial charge in [-0.3, -0.25) is 4.72 Å². The second-order valence-electron chi connectivity index (χ2n) is 5.81. The minimum Gasteiger partial charge on any atom is -0.280 e. The number of aryl methyl sites for hydroxylation is 1. The Kier molecular flexibility index (Phi) is 5.04. The number of hydrogen-bond acceptors (Lipinski definition) is 2. The molecule has 0 aliphatic rings. The van der Waals surface area contributed by atoms with E-state index in [2.05, 4.69) is 4.72 Å². The summed E-state index contributed by atoms with van der Waals surface area (Å²) in [7, 11) is -3.76. The zero-order valence-corrected chi connectivity index (χ0v) is 14.9. The van der Waals surface area contributed by atoms with Gasteiger partial charge in [0.05, 0.1) is 4.90 Å². The van der Waals surface area contributed by atoms with Gasteiger partial charge < -0.3 is 0 Å². The van der Waals surface area contributed by atoms with E-state index in [1.165, 1.54) is 30.3 Å². The van der Waals surface area contributed by atoms with Crippen molar-refractivity contribution in [1.82, 2.24) is 0 Å². The molecule has 0 unspecified atom stereocenters. The molecule has 6 heteroatoms. The Morgan fingerprint density at radius 1 is 0.923 bits per heavy atom. The van der Waals surface area contributed by atoms with Crippen LogP contribution in [0.15, 0.2) is 71.6 Å². The smallest absolute Gasteiger partial charge is 0.261 e. The van der Waals surface area contributed by atoms with Crippen molar-refractivity contribution in [2.24, 2.45) is 0 Å². The molecular formula is C20H17F2NO2S. The molecule has 0 spiro atoms. The standard InChI is InChI=1S/C20H17F2NO2S/c1-2-14-4-3-5-17(12-14)23-26(24,25)18-9-6-15(7-10-18)19-11-8-16(21)13-20(19)22/h3-13,23H,2H2,1H3. The van der Waals surface area contributed by atoms with Crippen LogP contribution >= 0.6 is 0 Å². The lowest BCUT2D eigenvalue weighted by atomic mass is 10.1.